The zero-order chi connectivity index (χ0) is 19.9. The summed E-state index contributed by atoms with van der Waals surface area (Å²) in [5.41, 5.74) is 0.809. The molecule has 0 aromatic heterocycles. The van der Waals surface area contributed by atoms with Gasteiger partial charge in [-0.1, -0.05) is 30.3 Å². The molecule has 2 atom stereocenters. The molecular weight excluding hydrogens is 385 g/mol. The fourth-order valence-electron chi connectivity index (χ4n) is 3.68. The Bertz CT molecular complexity index is 1010. The summed E-state index contributed by atoms with van der Waals surface area (Å²) in [7, 11) is -3.77. The average Bonchev–Trinajstić information content (AvgIpc) is 3.09. The maximum atomic E-state index is 13.2. The molecule has 9 heteroatoms. The number of carbonyl (C=O) groups is 2. The number of hydrogen-bond donors (Lipinski definition) is 1. The number of fused-ring (bicyclic) bond motifs is 1. The number of rotatable bonds is 4. The number of carbonyl (C=O) groups excluding carboxylic acids is 2. The first kappa shape index (κ1) is 18.6. The first-order chi connectivity index (χ1) is 13.4. The Hall–Kier alpha value is -2.78. The van der Waals surface area contributed by atoms with Gasteiger partial charge < -0.3 is 5.32 Å². The van der Waals surface area contributed by atoms with Crippen LogP contribution in [0, 0.1) is 5.82 Å². The standard InChI is InChI=1S/C19H18FN3O4S/c20-14-6-8-15(9-7-14)23-18(24)17-16(21-19(23)25)10-11-22(17)28(26,27)12-13-4-2-1-3-5-13/h1-9,16-17H,10-12H2,(H,21,25)/t16-,17+/m1/s1. The Morgan fingerprint density at radius 2 is 1.71 bits per heavy atom. The van der Waals surface area contributed by atoms with Crippen LogP contribution in [0.3, 0.4) is 0 Å². The molecule has 3 amide bonds. The Morgan fingerprint density at radius 1 is 1.04 bits per heavy atom. The maximum absolute atomic E-state index is 13.2. The molecule has 4 rings (SSSR count). The first-order valence-corrected chi connectivity index (χ1v) is 10.4. The third-order valence-electron chi connectivity index (χ3n) is 4.97. The summed E-state index contributed by atoms with van der Waals surface area (Å²) in [6.45, 7) is 0.147. The van der Waals surface area contributed by atoms with Crippen molar-refractivity contribution in [2.24, 2.45) is 0 Å². The van der Waals surface area contributed by atoms with E-state index in [1.54, 1.807) is 30.3 Å². The van der Waals surface area contributed by atoms with E-state index in [9.17, 15) is 22.4 Å². The molecule has 0 spiro atoms. The number of benzene rings is 2. The van der Waals surface area contributed by atoms with Crippen LogP contribution < -0.4 is 10.2 Å². The molecule has 0 saturated carbocycles. The minimum Gasteiger partial charge on any atom is -0.332 e. The zero-order valence-electron chi connectivity index (χ0n) is 14.8. The van der Waals surface area contributed by atoms with Gasteiger partial charge in [0.2, 0.25) is 10.0 Å². The minimum atomic E-state index is -3.77. The van der Waals surface area contributed by atoms with E-state index in [0.717, 1.165) is 17.0 Å². The molecule has 0 radical (unpaired) electrons. The lowest BCUT2D eigenvalue weighted by Gasteiger charge is -2.36. The van der Waals surface area contributed by atoms with Crippen LogP contribution in [-0.4, -0.2) is 43.3 Å². The molecule has 1 N–H and O–H groups in total. The molecule has 28 heavy (non-hydrogen) atoms. The van der Waals surface area contributed by atoms with Crippen molar-refractivity contribution in [1.82, 2.24) is 9.62 Å². The fraction of sp³-hybridized carbons (Fsp3) is 0.263. The summed E-state index contributed by atoms with van der Waals surface area (Å²) in [4.78, 5) is 26.4. The summed E-state index contributed by atoms with van der Waals surface area (Å²) in [6, 6.07) is 11.4. The van der Waals surface area contributed by atoms with E-state index in [2.05, 4.69) is 5.32 Å². The zero-order valence-corrected chi connectivity index (χ0v) is 15.6. The van der Waals surface area contributed by atoms with Crippen LogP contribution in [0.2, 0.25) is 0 Å². The van der Waals surface area contributed by atoms with Gasteiger partial charge >= 0.3 is 6.03 Å². The molecular formula is C19H18FN3O4S. The van der Waals surface area contributed by atoms with Gasteiger partial charge in [0.1, 0.15) is 11.9 Å². The summed E-state index contributed by atoms with van der Waals surface area (Å²) < 4.78 is 40.3. The van der Waals surface area contributed by atoms with Crippen LogP contribution in [0.1, 0.15) is 12.0 Å². The summed E-state index contributed by atoms with van der Waals surface area (Å²) in [5, 5.41) is 2.70. The molecule has 2 saturated heterocycles. The molecule has 2 aromatic carbocycles. The second-order valence-electron chi connectivity index (χ2n) is 6.79. The van der Waals surface area contributed by atoms with Crippen LogP contribution >= 0.6 is 0 Å². The lowest BCUT2D eigenvalue weighted by molar-refractivity contribution is -0.122. The monoisotopic (exact) mass is 403 g/mol. The van der Waals surface area contributed by atoms with E-state index in [-0.39, 0.29) is 18.0 Å². The van der Waals surface area contributed by atoms with Crippen LogP contribution in [-0.2, 0) is 20.6 Å². The molecule has 7 nitrogen and oxygen atoms in total. The van der Waals surface area contributed by atoms with Crippen molar-refractivity contribution in [3.63, 3.8) is 0 Å². The van der Waals surface area contributed by atoms with Crippen LogP contribution in [0.4, 0.5) is 14.9 Å². The highest BCUT2D eigenvalue weighted by atomic mass is 32.2. The van der Waals surface area contributed by atoms with Crippen molar-refractivity contribution >= 4 is 27.6 Å². The Balaban J connectivity index is 1.63. The van der Waals surface area contributed by atoms with E-state index in [1.165, 1.54) is 16.4 Å². The van der Waals surface area contributed by atoms with Crippen LogP contribution in [0.15, 0.2) is 54.6 Å². The van der Waals surface area contributed by atoms with Gasteiger partial charge in [-0.15, -0.1) is 0 Å². The van der Waals surface area contributed by atoms with Crippen LogP contribution in [0.25, 0.3) is 0 Å². The van der Waals surface area contributed by atoms with E-state index in [4.69, 9.17) is 0 Å². The number of hydrogen-bond acceptors (Lipinski definition) is 4. The predicted molar refractivity (Wildman–Crippen MR) is 100 cm³/mol. The molecule has 2 aromatic rings. The predicted octanol–water partition coefficient (Wildman–Crippen LogP) is 1.85. The van der Waals surface area contributed by atoms with Crippen molar-refractivity contribution in [2.45, 2.75) is 24.3 Å². The second-order valence-corrected chi connectivity index (χ2v) is 8.71. The Kier molecular flexibility index (Phi) is 4.64. The largest absolute Gasteiger partial charge is 0.332 e. The lowest BCUT2D eigenvalue weighted by atomic mass is 10.1. The van der Waals surface area contributed by atoms with Crippen molar-refractivity contribution in [3.05, 3.63) is 66.0 Å². The highest BCUT2D eigenvalue weighted by Gasteiger charge is 2.51. The van der Waals surface area contributed by atoms with Gasteiger partial charge in [0.15, 0.2) is 0 Å². The number of halogens is 1. The van der Waals surface area contributed by atoms with Gasteiger partial charge in [0.25, 0.3) is 5.91 Å². The molecule has 2 heterocycles. The number of urea groups is 1. The summed E-state index contributed by atoms with van der Waals surface area (Å²) >= 11 is 0. The van der Waals surface area contributed by atoms with Gasteiger partial charge in [-0.05, 0) is 36.2 Å². The normalized spacial score (nSPS) is 22.8. The number of nitrogens with one attached hydrogen (secondary N) is 1. The highest BCUT2D eigenvalue weighted by Crippen LogP contribution is 2.30. The highest BCUT2D eigenvalue weighted by molar-refractivity contribution is 7.88. The summed E-state index contributed by atoms with van der Waals surface area (Å²) in [6.07, 6.45) is 0.355. The van der Waals surface area contributed by atoms with Crippen molar-refractivity contribution in [1.29, 1.82) is 0 Å². The molecule has 2 aliphatic heterocycles. The lowest BCUT2D eigenvalue weighted by Crippen LogP contribution is -2.65. The van der Waals surface area contributed by atoms with Crippen LogP contribution in [0.5, 0.6) is 0 Å². The van der Waals surface area contributed by atoms with E-state index in [1.807, 2.05) is 0 Å². The molecule has 0 unspecified atom stereocenters. The SMILES string of the molecule is O=C1N[C@@H]2CCN(S(=O)(=O)Cc3ccccc3)[C@@H]2C(=O)N1c1ccc(F)cc1. The maximum Gasteiger partial charge on any atom is 0.329 e. The van der Waals surface area contributed by atoms with E-state index < -0.39 is 39.9 Å². The van der Waals surface area contributed by atoms with Gasteiger partial charge in [0.05, 0.1) is 17.5 Å². The van der Waals surface area contributed by atoms with Gasteiger partial charge in [-0.25, -0.2) is 22.5 Å². The van der Waals surface area contributed by atoms with Gasteiger partial charge in [-0.2, -0.15) is 4.31 Å². The number of imide groups is 1. The smallest absolute Gasteiger partial charge is 0.329 e. The second kappa shape index (κ2) is 6.99. The van der Waals surface area contributed by atoms with Crippen molar-refractivity contribution in [3.8, 4) is 0 Å². The van der Waals surface area contributed by atoms with Crippen molar-refractivity contribution in [2.75, 3.05) is 11.4 Å². The fourth-order valence-corrected chi connectivity index (χ4v) is 5.43. The Labute approximate surface area is 161 Å². The van der Waals surface area contributed by atoms with Gasteiger partial charge in [0, 0.05) is 6.54 Å². The topological polar surface area (TPSA) is 86.8 Å². The Morgan fingerprint density at radius 3 is 2.39 bits per heavy atom. The van der Waals surface area contributed by atoms with E-state index in [0.29, 0.717) is 12.0 Å². The molecule has 0 bridgehead atoms. The molecule has 2 aliphatic rings. The molecule has 0 aliphatic carbocycles. The quantitative estimate of drug-likeness (QED) is 0.844. The molecule has 2 fully saturated rings. The number of nitrogens with zero attached hydrogens (tertiary/aromatic N) is 2. The summed E-state index contributed by atoms with van der Waals surface area (Å²) in [5.74, 6) is -1.36. The number of sulfonamides is 1. The number of amides is 3. The third kappa shape index (κ3) is 3.27. The van der Waals surface area contributed by atoms with Crippen molar-refractivity contribution < 1.29 is 22.4 Å². The minimum absolute atomic E-state index is 0.147. The van der Waals surface area contributed by atoms with E-state index >= 15 is 0 Å². The molecule has 146 valence electrons. The first-order valence-electron chi connectivity index (χ1n) is 8.80. The number of anilines is 1. The van der Waals surface area contributed by atoms with Gasteiger partial charge in [-0.3, -0.25) is 4.79 Å². The average molecular weight is 403 g/mol. The third-order valence-corrected chi connectivity index (χ3v) is 6.79.